The van der Waals surface area contributed by atoms with E-state index in [0.717, 1.165) is 28.9 Å². The summed E-state index contributed by atoms with van der Waals surface area (Å²) in [5.74, 6) is 0.853. The predicted octanol–water partition coefficient (Wildman–Crippen LogP) is 2.98. The molecule has 116 valence electrons. The molecule has 0 spiro atoms. The third-order valence-corrected chi connectivity index (χ3v) is 4.75. The summed E-state index contributed by atoms with van der Waals surface area (Å²) in [6.07, 6.45) is 4.29. The fourth-order valence-electron chi connectivity index (χ4n) is 2.79. The molecule has 1 unspecified atom stereocenters. The van der Waals surface area contributed by atoms with E-state index in [2.05, 4.69) is 9.97 Å². The van der Waals surface area contributed by atoms with E-state index in [1.54, 1.807) is 29.2 Å². The minimum absolute atomic E-state index is 0.0356. The third-order valence-electron chi connectivity index (χ3n) is 3.96. The Hall–Kier alpha value is -2.47. The standard InChI is InChI=1S/C17H15N3O2S/c21-17(12-1-2-15-16(9-12)23-11-19-15)20-8-5-14(10-20)22-13-3-6-18-7-4-13/h1-4,6-7,9,11,14H,5,8,10H2. The second-order valence-electron chi connectivity index (χ2n) is 5.50. The van der Waals surface area contributed by atoms with Crippen molar-refractivity contribution in [2.45, 2.75) is 12.5 Å². The fraction of sp³-hybridized carbons (Fsp3) is 0.235. The van der Waals surface area contributed by atoms with E-state index >= 15 is 0 Å². The second kappa shape index (κ2) is 5.96. The smallest absolute Gasteiger partial charge is 0.254 e. The van der Waals surface area contributed by atoms with Crippen LogP contribution in [0, 0.1) is 0 Å². The molecule has 1 fully saturated rings. The number of hydrogen-bond acceptors (Lipinski definition) is 5. The number of thiazole rings is 1. The topological polar surface area (TPSA) is 55.3 Å². The van der Waals surface area contributed by atoms with Crippen LogP contribution >= 0.6 is 11.3 Å². The van der Waals surface area contributed by atoms with Crippen molar-refractivity contribution in [2.75, 3.05) is 13.1 Å². The van der Waals surface area contributed by atoms with Gasteiger partial charge >= 0.3 is 0 Å². The van der Waals surface area contributed by atoms with Gasteiger partial charge in [-0.05, 0) is 30.3 Å². The van der Waals surface area contributed by atoms with Crippen molar-refractivity contribution < 1.29 is 9.53 Å². The van der Waals surface area contributed by atoms with Gasteiger partial charge in [0.05, 0.1) is 22.3 Å². The van der Waals surface area contributed by atoms with E-state index in [-0.39, 0.29) is 12.0 Å². The van der Waals surface area contributed by atoms with Crippen molar-refractivity contribution in [3.63, 3.8) is 0 Å². The monoisotopic (exact) mass is 325 g/mol. The first-order valence-corrected chi connectivity index (χ1v) is 8.37. The highest BCUT2D eigenvalue weighted by Crippen LogP contribution is 2.23. The van der Waals surface area contributed by atoms with Gasteiger partial charge in [0.1, 0.15) is 11.9 Å². The number of pyridine rings is 1. The van der Waals surface area contributed by atoms with E-state index in [0.29, 0.717) is 12.1 Å². The molecular formula is C17H15N3O2S. The summed E-state index contributed by atoms with van der Waals surface area (Å²) in [6, 6.07) is 9.35. The molecule has 0 N–H and O–H groups in total. The van der Waals surface area contributed by atoms with Crippen LogP contribution in [0.2, 0.25) is 0 Å². The maximum Gasteiger partial charge on any atom is 0.254 e. The van der Waals surface area contributed by atoms with Gasteiger partial charge in [0.15, 0.2) is 0 Å². The molecule has 1 aliphatic rings. The maximum atomic E-state index is 12.7. The van der Waals surface area contributed by atoms with Crippen molar-refractivity contribution >= 4 is 27.5 Å². The Morgan fingerprint density at radius 2 is 2.13 bits per heavy atom. The molecule has 1 saturated heterocycles. The molecule has 5 nitrogen and oxygen atoms in total. The van der Waals surface area contributed by atoms with Gasteiger partial charge in [-0.3, -0.25) is 9.78 Å². The molecule has 3 heterocycles. The maximum absolute atomic E-state index is 12.7. The normalized spacial score (nSPS) is 17.6. The lowest BCUT2D eigenvalue weighted by molar-refractivity contribution is 0.0772. The largest absolute Gasteiger partial charge is 0.488 e. The van der Waals surface area contributed by atoms with Crippen LogP contribution in [0.15, 0.2) is 48.2 Å². The zero-order valence-electron chi connectivity index (χ0n) is 12.4. The minimum atomic E-state index is 0.0356. The van der Waals surface area contributed by atoms with E-state index in [1.165, 1.54) is 0 Å². The van der Waals surface area contributed by atoms with Gasteiger partial charge in [-0.15, -0.1) is 11.3 Å². The molecule has 0 radical (unpaired) electrons. The number of rotatable bonds is 3. The van der Waals surface area contributed by atoms with Crippen molar-refractivity contribution in [1.82, 2.24) is 14.9 Å². The first-order valence-electron chi connectivity index (χ1n) is 7.49. The van der Waals surface area contributed by atoms with Crippen LogP contribution in [0.4, 0.5) is 0 Å². The molecule has 1 aromatic carbocycles. The van der Waals surface area contributed by atoms with E-state index in [9.17, 15) is 4.79 Å². The predicted molar refractivity (Wildman–Crippen MR) is 88.8 cm³/mol. The average Bonchev–Trinajstić information content (AvgIpc) is 3.23. The van der Waals surface area contributed by atoms with Gasteiger partial charge in [-0.2, -0.15) is 0 Å². The van der Waals surface area contributed by atoms with Crippen LogP contribution in [0.3, 0.4) is 0 Å². The van der Waals surface area contributed by atoms with Crippen LogP contribution in [0.5, 0.6) is 5.75 Å². The quantitative estimate of drug-likeness (QED) is 0.743. The summed E-state index contributed by atoms with van der Waals surface area (Å²) in [5.41, 5.74) is 3.45. The zero-order valence-corrected chi connectivity index (χ0v) is 13.2. The molecule has 1 amide bonds. The number of carbonyl (C=O) groups is 1. The first kappa shape index (κ1) is 14.1. The summed E-state index contributed by atoms with van der Waals surface area (Å²) in [4.78, 5) is 22.7. The number of aromatic nitrogens is 2. The molecule has 1 atom stereocenters. The van der Waals surface area contributed by atoms with Gasteiger partial charge < -0.3 is 9.64 Å². The van der Waals surface area contributed by atoms with E-state index in [4.69, 9.17) is 4.74 Å². The summed E-state index contributed by atoms with van der Waals surface area (Å²) in [7, 11) is 0. The van der Waals surface area contributed by atoms with Crippen molar-refractivity contribution in [3.8, 4) is 5.75 Å². The van der Waals surface area contributed by atoms with Crippen LogP contribution in [-0.4, -0.2) is 40.0 Å². The minimum Gasteiger partial charge on any atom is -0.488 e. The Kier molecular flexibility index (Phi) is 3.67. The molecule has 0 bridgehead atoms. The van der Waals surface area contributed by atoms with Gasteiger partial charge in [0.25, 0.3) is 5.91 Å². The number of likely N-dealkylation sites (tertiary alicyclic amines) is 1. The second-order valence-corrected chi connectivity index (χ2v) is 6.38. The van der Waals surface area contributed by atoms with Gasteiger partial charge in [0, 0.05) is 30.9 Å². The third kappa shape index (κ3) is 2.90. The van der Waals surface area contributed by atoms with E-state index < -0.39 is 0 Å². The molecule has 0 aliphatic carbocycles. The van der Waals surface area contributed by atoms with Gasteiger partial charge in [-0.1, -0.05) is 0 Å². The van der Waals surface area contributed by atoms with Crippen LogP contribution in [0.1, 0.15) is 16.8 Å². The molecule has 0 saturated carbocycles. The molecule has 6 heteroatoms. The van der Waals surface area contributed by atoms with Gasteiger partial charge in [0.2, 0.25) is 0 Å². The lowest BCUT2D eigenvalue weighted by Crippen LogP contribution is -2.30. The summed E-state index contributed by atoms with van der Waals surface area (Å²) in [6.45, 7) is 1.33. The van der Waals surface area contributed by atoms with Crippen molar-refractivity contribution in [3.05, 3.63) is 53.8 Å². The van der Waals surface area contributed by atoms with Crippen LogP contribution in [-0.2, 0) is 0 Å². The summed E-state index contributed by atoms with van der Waals surface area (Å²) >= 11 is 1.55. The lowest BCUT2D eigenvalue weighted by atomic mass is 10.2. The Balaban J connectivity index is 1.45. The number of ether oxygens (including phenoxy) is 1. The molecule has 2 aromatic heterocycles. The molecule has 3 aromatic rings. The number of carbonyl (C=O) groups excluding carboxylic acids is 1. The Morgan fingerprint density at radius 1 is 1.26 bits per heavy atom. The summed E-state index contributed by atoms with van der Waals surface area (Å²) in [5, 5.41) is 0. The van der Waals surface area contributed by atoms with Crippen LogP contribution < -0.4 is 4.74 Å². The zero-order chi connectivity index (χ0) is 15.6. The average molecular weight is 325 g/mol. The van der Waals surface area contributed by atoms with Gasteiger partial charge in [-0.25, -0.2) is 4.98 Å². The summed E-state index contributed by atoms with van der Waals surface area (Å²) < 4.78 is 6.95. The Bertz CT molecular complexity index is 834. The highest BCUT2D eigenvalue weighted by molar-refractivity contribution is 7.16. The Labute approximate surface area is 137 Å². The highest BCUT2D eigenvalue weighted by Gasteiger charge is 2.28. The number of fused-ring (bicyclic) bond motifs is 1. The highest BCUT2D eigenvalue weighted by atomic mass is 32.1. The van der Waals surface area contributed by atoms with Crippen molar-refractivity contribution in [1.29, 1.82) is 0 Å². The first-order chi connectivity index (χ1) is 11.3. The van der Waals surface area contributed by atoms with Crippen molar-refractivity contribution in [2.24, 2.45) is 0 Å². The molecule has 1 aliphatic heterocycles. The molecule has 4 rings (SSSR count). The SMILES string of the molecule is O=C(c1ccc2ncsc2c1)N1CCC(Oc2ccncc2)C1. The number of amides is 1. The molecular weight excluding hydrogens is 310 g/mol. The van der Waals surface area contributed by atoms with E-state index in [1.807, 2.05) is 35.2 Å². The fourth-order valence-corrected chi connectivity index (χ4v) is 3.51. The lowest BCUT2D eigenvalue weighted by Gasteiger charge is -2.17. The molecule has 23 heavy (non-hydrogen) atoms. The number of benzene rings is 1. The Morgan fingerprint density at radius 3 is 3.00 bits per heavy atom. The number of hydrogen-bond donors (Lipinski definition) is 0. The van der Waals surface area contributed by atoms with Crippen LogP contribution in [0.25, 0.3) is 10.2 Å². The number of nitrogens with zero attached hydrogens (tertiary/aromatic N) is 3.